The van der Waals surface area contributed by atoms with E-state index in [2.05, 4.69) is 90.1 Å². The van der Waals surface area contributed by atoms with Crippen LogP contribution in [0.4, 0.5) is 5.69 Å². The number of hydrogen-bond acceptors (Lipinski definition) is 0. The van der Waals surface area contributed by atoms with Gasteiger partial charge < -0.3 is 30.1 Å². The Bertz CT molecular complexity index is 859. The van der Waals surface area contributed by atoms with Gasteiger partial charge in [0.05, 0.1) is 0 Å². The van der Waals surface area contributed by atoms with Gasteiger partial charge in [0.25, 0.3) is 0 Å². The maximum atomic E-state index is 5.22. The Morgan fingerprint density at radius 1 is 0.893 bits per heavy atom. The molecule has 0 unspecified atom stereocenters. The maximum absolute atomic E-state index is 5.22. The van der Waals surface area contributed by atoms with Crippen molar-refractivity contribution in [2.75, 3.05) is 0 Å². The van der Waals surface area contributed by atoms with Crippen molar-refractivity contribution in [3.05, 3.63) is 87.3 Å². The molecule has 0 N–H and O–H groups in total. The summed E-state index contributed by atoms with van der Waals surface area (Å²) < 4.78 is 0. The number of halogens is 2. The molecule has 0 fully saturated rings. The summed E-state index contributed by atoms with van der Waals surface area (Å²) in [6.07, 6.45) is 5.49. The third-order valence-electron chi connectivity index (χ3n) is 5.10. The fourth-order valence-corrected chi connectivity index (χ4v) is 3.91. The fourth-order valence-electron chi connectivity index (χ4n) is 3.91. The van der Waals surface area contributed by atoms with Crippen molar-refractivity contribution in [2.24, 2.45) is 0 Å². The van der Waals surface area contributed by atoms with E-state index in [-0.39, 0.29) is 52.1 Å². The van der Waals surface area contributed by atoms with E-state index in [1.165, 1.54) is 39.0 Å². The van der Waals surface area contributed by atoms with Crippen LogP contribution < -0.4 is 24.8 Å². The predicted molar refractivity (Wildman–Crippen MR) is 109 cm³/mol. The van der Waals surface area contributed by atoms with Gasteiger partial charge >= 0.3 is 21.7 Å². The van der Waals surface area contributed by atoms with Crippen LogP contribution in [0.15, 0.2) is 54.1 Å². The van der Waals surface area contributed by atoms with E-state index in [4.69, 9.17) is 5.32 Å². The van der Waals surface area contributed by atoms with Crippen LogP contribution in [0.5, 0.6) is 0 Å². The number of rotatable bonds is 4. The quantitative estimate of drug-likeness (QED) is 0.625. The first kappa shape index (κ1) is 27.0. The van der Waals surface area contributed by atoms with E-state index in [1.807, 2.05) is 0 Å². The van der Waals surface area contributed by atoms with Gasteiger partial charge in [-0.1, -0.05) is 90.2 Å². The van der Waals surface area contributed by atoms with E-state index < -0.39 is 0 Å². The summed E-state index contributed by atoms with van der Waals surface area (Å²) in [5.74, 6) is 0. The van der Waals surface area contributed by atoms with Crippen LogP contribution in [-0.4, -0.2) is 0 Å². The molecule has 0 saturated carbocycles. The summed E-state index contributed by atoms with van der Waals surface area (Å²) in [4.78, 5) is 0. The van der Waals surface area contributed by atoms with E-state index >= 15 is 0 Å². The molecule has 0 spiro atoms. The third kappa shape index (κ3) is 5.54. The Balaban J connectivity index is 0.00000243. The second-order valence-corrected chi connectivity index (χ2v) is 7.73. The number of hydrogen-bond donors (Lipinski definition) is 0. The first-order valence-corrected chi connectivity index (χ1v) is 9.06. The standard InChI is InChI=1S/C24H28N.2ClH.Ti/c1-16-14-18(3)23(19(4)15-16)25-24(5,6)22-13-8-7-11-21(22)20-12-9-10-17(20)2;;;/h7-11,13-15H,12H2,1-6H3;2*1H;/q-1;;;+3/p-2. The summed E-state index contributed by atoms with van der Waals surface area (Å²) in [6.45, 7) is 13.1. The van der Waals surface area contributed by atoms with Gasteiger partial charge in [-0.2, -0.15) is 0 Å². The Labute approximate surface area is 197 Å². The van der Waals surface area contributed by atoms with Crippen LogP contribution in [0.1, 0.15) is 55.0 Å². The molecule has 0 atom stereocenters. The first-order valence-electron chi connectivity index (χ1n) is 9.06. The molecular weight excluding hydrogens is 421 g/mol. The van der Waals surface area contributed by atoms with Crippen molar-refractivity contribution < 1.29 is 46.5 Å². The van der Waals surface area contributed by atoms with Gasteiger partial charge in [-0.25, -0.2) is 0 Å². The smallest absolute Gasteiger partial charge is 1.00 e. The normalized spacial score (nSPS) is 12.8. The van der Waals surface area contributed by atoms with E-state index in [1.54, 1.807) is 0 Å². The maximum Gasteiger partial charge on any atom is 3.00 e. The largest absolute Gasteiger partial charge is 3.00 e. The zero-order valence-electron chi connectivity index (χ0n) is 17.5. The molecule has 28 heavy (non-hydrogen) atoms. The molecule has 1 radical (unpaired) electrons. The number of nitrogens with zero attached hydrogens (tertiary/aromatic N) is 1. The summed E-state index contributed by atoms with van der Waals surface area (Å²) in [5.41, 5.74) is 10.1. The van der Waals surface area contributed by atoms with Crippen LogP contribution in [0, 0.1) is 20.8 Å². The van der Waals surface area contributed by atoms with Gasteiger partial charge in [0, 0.05) is 0 Å². The van der Waals surface area contributed by atoms with E-state index in [0.717, 1.165) is 12.1 Å². The zero-order chi connectivity index (χ0) is 18.2. The summed E-state index contributed by atoms with van der Waals surface area (Å²) in [5, 5.41) is 5.22. The molecule has 0 bridgehead atoms. The minimum absolute atomic E-state index is 0. The van der Waals surface area contributed by atoms with E-state index in [9.17, 15) is 0 Å². The monoisotopic (exact) mass is 448 g/mol. The summed E-state index contributed by atoms with van der Waals surface area (Å²) in [7, 11) is 0. The van der Waals surface area contributed by atoms with Gasteiger partial charge in [0.2, 0.25) is 0 Å². The summed E-state index contributed by atoms with van der Waals surface area (Å²) >= 11 is 0. The average molecular weight is 449 g/mol. The molecule has 0 heterocycles. The second-order valence-electron chi connectivity index (χ2n) is 7.73. The Kier molecular flexibility index (Phi) is 10.3. The molecule has 2 aromatic rings. The number of allylic oxidation sites excluding steroid dienone is 4. The minimum Gasteiger partial charge on any atom is -1.00 e. The van der Waals surface area contributed by atoms with Crippen molar-refractivity contribution in [1.29, 1.82) is 0 Å². The molecule has 4 heteroatoms. The number of aryl methyl sites for hydroxylation is 3. The molecule has 0 saturated heterocycles. The molecular formula is C24H28Cl2NTi. The van der Waals surface area contributed by atoms with Gasteiger partial charge in [-0.15, -0.1) is 5.69 Å². The second kappa shape index (κ2) is 10.7. The molecule has 1 nitrogen and oxygen atoms in total. The van der Waals surface area contributed by atoms with Gasteiger partial charge in [0.1, 0.15) is 0 Å². The van der Waals surface area contributed by atoms with Crippen molar-refractivity contribution in [1.82, 2.24) is 0 Å². The minimum atomic E-state index is -0.281. The average Bonchev–Trinajstić information content (AvgIpc) is 2.97. The molecule has 2 aromatic carbocycles. The van der Waals surface area contributed by atoms with Crippen LogP contribution in [0.3, 0.4) is 0 Å². The van der Waals surface area contributed by atoms with Crippen molar-refractivity contribution in [2.45, 2.75) is 53.5 Å². The topological polar surface area (TPSA) is 14.1 Å². The third-order valence-corrected chi connectivity index (χ3v) is 5.10. The zero-order valence-corrected chi connectivity index (χ0v) is 20.6. The fraction of sp³-hybridized carbons (Fsp3) is 0.333. The SMILES string of the molecule is CC1=C(c2ccccc2C(C)(C)[N-]c2c(C)cc(C)cc2C)CC=C1.[Cl-].[Cl-].[Ti+3]. The van der Waals surface area contributed by atoms with Crippen molar-refractivity contribution >= 4 is 11.3 Å². The molecule has 0 aromatic heterocycles. The van der Waals surface area contributed by atoms with Crippen LogP contribution in [0.25, 0.3) is 10.9 Å². The van der Waals surface area contributed by atoms with Crippen LogP contribution in [-0.2, 0) is 27.3 Å². The summed E-state index contributed by atoms with van der Waals surface area (Å²) in [6, 6.07) is 13.2. The molecule has 0 aliphatic heterocycles. The van der Waals surface area contributed by atoms with Crippen molar-refractivity contribution in [3.8, 4) is 0 Å². The first-order chi connectivity index (χ1) is 11.8. The molecule has 3 rings (SSSR count). The van der Waals surface area contributed by atoms with Gasteiger partial charge in [0.15, 0.2) is 0 Å². The van der Waals surface area contributed by atoms with Gasteiger partial charge in [-0.05, 0) is 50.8 Å². The molecule has 147 valence electrons. The van der Waals surface area contributed by atoms with Gasteiger partial charge in [-0.3, -0.25) is 0 Å². The van der Waals surface area contributed by atoms with Crippen LogP contribution >= 0.6 is 0 Å². The number of benzene rings is 2. The Hall–Kier alpha value is -0.986. The molecule has 0 amide bonds. The Morgan fingerprint density at radius 2 is 1.46 bits per heavy atom. The predicted octanol–water partition coefficient (Wildman–Crippen LogP) is 1.29. The molecule has 1 aliphatic rings. The van der Waals surface area contributed by atoms with Crippen molar-refractivity contribution in [3.63, 3.8) is 0 Å². The van der Waals surface area contributed by atoms with E-state index in [0.29, 0.717) is 0 Å². The van der Waals surface area contributed by atoms with Crippen LogP contribution in [0.2, 0.25) is 0 Å². The Morgan fingerprint density at radius 3 is 2.00 bits per heavy atom. The molecule has 1 aliphatic carbocycles.